The van der Waals surface area contributed by atoms with E-state index in [0.29, 0.717) is 13.0 Å². The molecular weight excluding hydrogens is 438 g/mol. The Labute approximate surface area is 210 Å². The van der Waals surface area contributed by atoms with Crippen LogP contribution in [0.25, 0.3) is 0 Å². The average molecular weight is 488 g/mol. The second kappa shape index (κ2) is 15.5. The van der Waals surface area contributed by atoms with Crippen molar-refractivity contribution in [3.63, 3.8) is 0 Å². The Hall–Kier alpha value is -1.45. The fourth-order valence-electron chi connectivity index (χ4n) is 3.88. The van der Waals surface area contributed by atoms with Gasteiger partial charge in [0.05, 0.1) is 6.61 Å². The highest BCUT2D eigenvalue weighted by molar-refractivity contribution is 6.69. The van der Waals surface area contributed by atoms with Gasteiger partial charge >= 0.3 is 0 Å². The molecule has 1 fully saturated rings. The van der Waals surface area contributed by atoms with Crippen LogP contribution in [0.5, 0.6) is 0 Å². The van der Waals surface area contributed by atoms with Crippen molar-refractivity contribution in [3.8, 4) is 6.07 Å². The third kappa shape index (κ3) is 12.9. The minimum Gasteiger partial charge on any atom is -0.397 e. The molecule has 2 atom stereocenters. The van der Waals surface area contributed by atoms with Crippen molar-refractivity contribution in [1.82, 2.24) is 0 Å². The lowest BCUT2D eigenvalue weighted by molar-refractivity contribution is -0.155. The van der Waals surface area contributed by atoms with Crippen molar-refractivity contribution in [1.29, 1.82) is 5.26 Å². The zero-order valence-electron chi connectivity index (χ0n) is 23.1. The lowest BCUT2D eigenvalue weighted by Crippen LogP contribution is -2.42. The molecule has 0 bridgehead atoms. The van der Waals surface area contributed by atoms with Crippen molar-refractivity contribution >= 4 is 8.32 Å². The van der Waals surface area contributed by atoms with Gasteiger partial charge in [0.15, 0.2) is 20.2 Å². The molecule has 1 aliphatic heterocycles. The fourth-order valence-corrected chi connectivity index (χ4v) is 5.22. The van der Waals surface area contributed by atoms with E-state index in [1.165, 1.54) is 23.1 Å². The van der Waals surface area contributed by atoms with Crippen LogP contribution in [0.3, 0.4) is 0 Å². The number of hydrogen-bond acceptors (Lipinski definition) is 4. The van der Waals surface area contributed by atoms with E-state index in [-0.39, 0.29) is 6.29 Å². The third-order valence-electron chi connectivity index (χ3n) is 5.97. The molecule has 1 rings (SSSR count). The summed E-state index contributed by atoms with van der Waals surface area (Å²) in [6.45, 7) is 18.5. The van der Waals surface area contributed by atoms with E-state index in [1.54, 1.807) is 0 Å². The summed E-state index contributed by atoms with van der Waals surface area (Å²) in [7, 11) is -1.88. The van der Waals surface area contributed by atoms with E-state index in [4.69, 9.17) is 13.9 Å². The van der Waals surface area contributed by atoms with Gasteiger partial charge in [-0.3, -0.25) is 0 Å². The summed E-state index contributed by atoms with van der Waals surface area (Å²) in [6, 6.07) is 2.51. The Morgan fingerprint density at radius 2 is 1.62 bits per heavy atom. The zero-order valence-corrected chi connectivity index (χ0v) is 24.1. The normalized spacial score (nSPS) is 20.0. The molecule has 0 aromatic heterocycles. The van der Waals surface area contributed by atoms with E-state index in [2.05, 4.69) is 84.6 Å². The molecule has 1 saturated heterocycles. The van der Waals surface area contributed by atoms with E-state index >= 15 is 0 Å². The second-order valence-corrected chi connectivity index (χ2v) is 15.3. The first kappa shape index (κ1) is 30.6. The van der Waals surface area contributed by atoms with Crippen LogP contribution in [0.4, 0.5) is 0 Å². The van der Waals surface area contributed by atoms with Gasteiger partial charge in [-0.15, -0.1) is 0 Å². The topological polar surface area (TPSA) is 51.5 Å². The maximum atomic E-state index is 10.1. The molecule has 0 saturated carbocycles. The SMILES string of the molecule is CC(C)=CCC(C#N)(O[Si](C)(C)C)/C(C)=C/CC/C(C)=C/CC/C(C)=C/COC1CCCCO1. The summed E-state index contributed by atoms with van der Waals surface area (Å²) >= 11 is 0. The van der Waals surface area contributed by atoms with Gasteiger partial charge in [-0.05, 0) is 105 Å². The molecule has 2 unspecified atom stereocenters. The molecule has 4 nitrogen and oxygen atoms in total. The number of rotatable bonds is 14. The van der Waals surface area contributed by atoms with Gasteiger partial charge in [0.2, 0.25) is 0 Å². The smallest absolute Gasteiger partial charge is 0.186 e. The number of ether oxygens (including phenoxy) is 2. The first-order chi connectivity index (χ1) is 16.0. The Morgan fingerprint density at radius 1 is 0.971 bits per heavy atom. The largest absolute Gasteiger partial charge is 0.397 e. The molecular formula is C29H49NO3Si. The van der Waals surface area contributed by atoms with Gasteiger partial charge in [0.25, 0.3) is 0 Å². The maximum absolute atomic E-state index is 10.1. The standard InChI is InChI=1S/C29H49NO3Si/c1-24(2)18-20-29(23-30,33-34(6,7)8)27(5)16-12-15-25(3)13-11-14-26(4)19-22-32-28-17-9-10-21-31-28/h13,16,18-19,28H,9-12,14-15,17,20-22H2,1-8H3/b25-13+,26-19+,27-16+. The number of nitrogens with zero attached hydrogens (tertiary/aromatic N) is 1. The van der Waals surface area contributed by atoms with E-state index in [9.17, 15) is 5.26 Å². The lowest BCUT2D eigenvalue weighted by atomic mass is 9.90. The Kier molecular flexibility index (Phi) is 14.0. The zero-order chi connectivity index (χ0) is 25.6. The molecule has 0 radical (unpaired) electrons. The van der Waals surface area contributed by atoms with Gasteiger partial charge < -0.3 is 13.9 Å². The summed E-state index contributed by atoms with van der Waals surface area (Å²) in [6.07, 6.45) is 16.8. The molecule has 192 valence electrons. The van der Waals surface area contributed by atoms with Crippen LogP contribution in [0.1, 0.15) is 86.0 Å². The molecule has 5 heteroatoms. The first-order valence-electron chi connectivity index (χ1n) is 12.9. The first-order valence-corrected chi connectivity index (χ1v) is 16.3. The minimum atomic E-state index is -1.88. The van der Waals surface area contributed by atoms with Crippen molar-refractivity contribution in [2.45, 2.75) is 118 Å². The van der Waals surface area contributed by atoms with E-state index in [1.807, 2.05) is 0 Å². The van der Waals surface area contributed by atoms with Crippen LogP contribution in [-0.4, -0.2) is 33.4 Å². The molecule has 0 spiro atoms. The summed E-state index contributed by atoms with van der Waals surface area (Å²) in [5.41, 5.74) is 4.14. The maximum Gasteiger partial charge on any atom is 0.186 e. The van der Waals surface area contributed by atoms with Crippen molar-refractivity contribution in [2.24, 2.45) is 0 Å². The lowest BCUT2D eigenvalue weighted by Gasteiger charge is -2.34. The van der Waals surface area contributed by atoms with E-state index < -0.39 is 13.9 Å². The Bertz CT molecular complexity index is 772. The molecule has 0 N–H and O–H groups in total. The number of allylic oxidation sites excluding steroid dienone is 5. The summed E-state index contributed by atoms with van der Waals surface area (Å²) in [5.74, 6) is 0. The Balaban J connectivity index is 2.56. The quantitative estimate of drug-likeness (QED) is 0.182. The van der Waals surface area contributed by atoms with E-state index in [0.717, 1.165) is 50.7 Å². The van der Waals surface area contributed by atoms with Crippen LogP contribution in [0.2, 0.25) is 19.6 Å². The average Bonchev–Trinajstić information content (AvgIpc) is 2.76. The minimum absolute atomic E-state index is 0.0191. The molecule has 0 aliphatic carbocycles. The molecule has 0 aromatic rings. The Morgan fingerprint density at radius 3 is 2.18 bits per heavy atom. The molecule has 1 heterocycles. The van der Waals surface area contributed by atoms with Crippen LogP contribution in [-0.2, 0) is 13.9 Å². The van der Waals surface area contributed by atoms with Gasteiger partial charge in [-0.2, -0.15) is 5.26 Å². The number of nitriles is 1. The van der Waals surface area contributed by atoms with Crippen molar-refractivity contribution in [3.05, 3.63) is 46.6 Å². The second-order valence-electron chi connectivity index (χ2n) is 10.8. The molecule has 34 heavy (non-hydrogen) atoms. The molecule has 1 aliphatic rings. The molecule has 0 aromatic carbocycles. The van der Waals surface area contributed by atoms with Crippen LogP contribution < -0.4 is 0 Å². The summed E-state index contributed by atoms with van der Waals surface area (Å²) in [5, 5.41) is 10.1. The van der Waals surface area contributed by atoms with Crippen LogP contribution >= 0.6 is 0 Å². The van der Waals surface area contributed by atoms with Gasteiger partial charge in [-0.25, -0.2) is 0 Å². The molecule has 0 amide bonds. The van der Waals surface area contributed by atoms with Gasteiger partial charge in [0, 0.05) is 13.0 Å². The number of hydrogen-bond donors (Lipinski definition) is 0. The monoisotopic (exact) mass is 487 g/mol. The fraction of sp³-hybridized carbons (Fsp3) is 0.690. The van der Waals surface area contributed by atoms with Crippen LogP contribution in [0.15, 0.2) is 46.6 Å². The third-order valence-corrected chi connectivity index (χ3v) is 6.93. The highest BCUT2D eigenvalue weighted by atomic mass is 28.4. The highest BCUT2D eigenvalue weighted by Gasteiger charge is 2.37. The summed E-state index contributed by atoms with van der Waals surface area (Å²) < 4.78 is 17.8. The van der Waals surface area contributed by atoms with Gasteiger partial charge in [-0.1, -0.05) is 41.0 Å². The van der Waals surface area contributed by atoms with Crippen molar-refractivity contribution in [2.75, 3.05) is 13.2 Å². The van der Waals surface area contributed by atoms with Crippen molar-refractivity contribution < 1.29 is 13.9 Å². The highest BCUT2D eigenvalue weighted by Crippen LogP contribution is 2.31. The van der Waals surface area contributed by atoms with Crippen LogP contribution in [0, 0.1) is 11.3 Å². The predicted octanol–water partition coefficient (Wildman–Crippen LogP) is 8.40. The van der Waals surface area contributed by atoms with Gasteiger partial charge in [0.1, 0.15) is 6.07 Å². The predicted molar refractivity (Wildman–Crippen MR) is 146 cm³/mol. The summed E-state index contributed by atoms with van der Waals surface area (Å²) in [4.78, 5) is 0.